The molecule has 5 N–H and O–H groups in total. The van der Waals surface area contributed by atoms with E-state index in [-0.39, 0.29) is 29.5 Å². The molecule has 0 spiro atoms. The molecule has 0 aromatic heterocycles. The molecule has 0 aromatic carbocycles. The number of nitrogens with one attached hydrogen (secondary N) is 3. The number of aliphatic imine (C=N–C) groups is 2. The van der Waals surface area contributed by atoms with Gasteiger partial charge in [0.1, 0.15) is 23.1 Å². The molecule has 0 bridgehead atoms. The first-order valence-electron chi connectivity index (χ1n) is 9.06. The molecule has 0 heterocycles. The predicted octanol–water partition coefficient (Wildman–Crippen LogP) is 1.41. The Morgan fingerprint density at radius 3 is 2.59 bits per heavy atom. The summed E-state index contributed by atoms with van der Waals surface area (Å²) in [6.07, 6.45) is 5.38. The molecule has 7 nitrogen and oxygen atoms in total. The molecule has 0 radical (unpaired) electrons. The molecule has 2 atom stereocenters. The summed E-state index contributed by atoms with van der Waals surface area (Å²) in [6, 6.07) is -0.282. The molecule has 8 heteroatoms. The number of amidine groups is 1. The lowest BCUT2D eigenvalue weighted by molar-refractivity contribution is -0.114. The third-order valence-corrected chi connectivity index (χ3v) is 4.17. The number of hydrogen-bond donors (Lipinski definition) is 4. The number of halogens is 1. The number of allylic oxidation sites excluding steroid dienone is 3. The number of carbonyl (C=O) groups excluding carboxylic acids is 1. The second-order valence-electron chi connectivity index (χ2n) is 6.41. The highest BCUT2D eigenvalue weighted by Crippen LogP contribution is 2.21. The Morgan fingerprint density at radius 1 is 1.30 bits per heavy atom. The smallest absolute Gasteiger partial charge is 0.265 e. The average Bonchev–Trinajstić information content (AvgIpc) is 2.64. The van der Waals surface area contributed by atoms with Crippen molar-refractivity contribution in [2.24, 2.45) is 21.6 Å². The fourth-order valence-electron chi connectivity index (χ4n) is 2.42. The van der Waals surface area contributed by atoms with E-state index in [2.05, 4.69) is 25.9 Å². The van der Waals surface area contributed by atoms with Gasteiger partial charge < -0.3 is 21.7 Å². The van der Waals surface area contributed by atoms with E-state index < -0.39 is 0 Å². The average molecular weight is 378 g/mol. The Labute approximate surface area is 160 Å². The van der Waals surface area contributed by atoms with Gasteiger partial charge in [-0.15, -0.1) is 0 Å². The number of nitrogens with zero attached hydrogens (tertiary/aromatic N) is 2. The Bertz CT molecular complexity index is 678. The third-order valence-electron chi connectivity index (χ3n) is 4.17. The van der Waals surface area contributed by atoms with E-state index in [4.69, 9.17) is 5.73 Å². The summed E-state index contributed by atoms with van der Waals surface area (Å²) in [5, 5.41) is 8.83. The Kier molecular flexibility index (Phi) is 9.42. The zero-order valence-electron chi connectivity index (χ0n) is 16.8. The first-order chi connectivity index (χ1) is 12.8. The molecule has 0 aromatic rings. The van der Waals surface area contributed by atoms with Crippen molar-refractivity contribution in [2.75, 3.05) is 27.2 Å². The maximum absolute atomic E-state index is 13.3. The van der Waals surface area contributed by atoms with E-state index in [1.807, 2.05) is 14.0 Å². The summed E-state index contributed by atoms with van der Waals surface area (Å²) in [6.45, 7) is 6.68. The van der Waals surface area contributed by atoms with Gasteiger partial charge in [0.05, 0.1) is 6.04 Å². The van der Waals surface area contributed by atoms with Crippen LogP contribution in [0.25, 0.3) is 0 Å². The van der Waals surface area contributed by atoms with Crippen molar-refractivity contribution < 1.29 is 9.18 Å². The quantitative estimate of drug-likeness (QED) is 0.277. The van der Waals surface area contributed by atoms with Gasteiger partial charge in [-0.2, -0.15) is 0 Å². The summed E-state index contributed by atoms with van der Waals surface area (Å²) >= 11 is 0. The molecule has 150 valence electrons. The van der Waals surface area contributed by atoms with Crippen LogP contribution in [0.4, 0.5) is 4.39 Å². The van der Waals surface area contributed by atoms with Crippen molar-refractivity contribution >= 4 is 17.5 Å². The zero-order chi connectivity index (χ0) is 20.4. The lowest BCUT2D eigenvalue weighted by Gasteiger charge is -2.18. The second kappa shape index (κ2) is 11.3. The van der Waals surface area contributed by atoms with E-state index in [1.165, 1.54) is 12.2 Å². The SMILES string of the molecule is CNCCCNC(=O)C(C)=NC(C(N)=NC1C=CC(F)=CC1C)=C(C)NC. The largest absolute Gasteiger partial charge is 0.390 e. The normalized spacial score (nSPS) is 21.5. The predicted molar refractivity (Wildman–Crippen MR) is 109 cm³/mol. The molecule has 0 fully saturated rings. The molecule has 1 amide bonds. The van der Waals surface area contributed by atoms with E-state index >= 15 is 0 Å². The molecule has 27 heavy (non-hydrogen) atoms. The van der Waals surface area contributed by atoms with Crippen LogP contribution in [-0.4, -0.2) is 50.7 Å². The van der Waals surface area contributed by atoms with Crippen molar-refractivity contribution in [3.8, 4) is 0 Å². The van der Waals surface area contributed by atoms with Crippen LogP contribution < -0.4 is 21.7 Å². The van der Waals surface area contributed by atoms with E-state index in [0.29, 0.717) is 23.7 Å². The highest BCUT2D eigenvalue weighted by atomic mass is 19.1. The molecule has 1 aliphatic carbocycles. The Morgan fingerprint density at radius 2 is 2.00 bits per heavy atom. The maximum atomic E-state index is 13.3. The molecule has 0 aliphatic heterocycles. The number of carbonyl (C=O) groups is 1. The van der Waals surface area contributed by atoms with Gasteiger partial charge in [-0.05, 0) is 46.0 Å². The van der Waals surface area contributed by atoms with Gasteiger partial charge in [0, 0.05) is 25.2 Å². The molecular formula is C19H31FN6O. The van der Waals surface area contributed by atoms with Crippen LogP contribution in [0.2, 0.25) is 0 Å². The van der Waals surface area contributed by atoms with Crippen LogP contribution in [0.5, 0.6) is 0 Å². The lowest BCUT2D eigenvalue weighted by atomic mass is 9.97. The summed E-state index contributed by atoms with van der Waals surface area (Å²) in [4.78, 5) is 21.1. The highest BCUT2D eigenvalue weighted by molar-refractivity contribution is 6.38. The minimum Gasteiger partial charge on any atom is -0.390 e. The topological polar surface area (TPSA) is 104 Å². The van der Waals surface area contributed by atoms with Crippen LogP contribution >= 0.6 is 0 Å². The van der Waals surface area contributed by atoms with Gasteiger partial charge in [0.15, 0.2) is 0 Å². The van der Waals surface area contributed by atoms with Crippen molar-refractivity contribution in [1.82, 2.24) is 16.0 Å². The van der Waals surface area contributed by atoms with Crippen LogP contribution in [0, 0.1) is 5.92 Å². The summed E-state index contributed by atoms with van der Waals surface area (Å²) in [7, 11) is 3.60. The Hall–Kier alpha value is -2.48. The van der Waals surface area contributed by atoms with E-state index in [9.17, 15) is 9.18 Å². The van der Waals surface area contributed by atoms with E-state index in [0.717, 1.165) is 13.0 Å². The molecule has 0 saturated heterocycles. The molecule has 2 unspecified atom stereocenters. The van der Waals surface area contributed by atoms with Crippen molar-refractivity contribution in [3.05, 3.63) is 35.4 Å². The zero-order valence-corrected chi connectivity index (χ0v) is 16.8. The summed E-state index contributed by atoms with van der Waals surface area (Å²) < 4.78 is 13.3. The summed E-state index contributed by atoms with van der Waals surface area (Å²) in [5.41, 5.74) is 7.55. The highest BCUT2D eigenvalue weighted by Gasteiger charge is 2.18. The van der Waals surface area contributed by atoms with Crippen LogP contribution in [0.15, 0.2) is 45.4 Å². The van der Waals surface area contributed by atoms with Gasteiger partial charge in [-0.25, -0.2) is 9.38 Å². The monoisotopic (exact) mass is 378 g/mol. The standard InChI is InChI=1S/C19H31FN6O/c1-12-11-15(20)7-8-16(12)26-18(21)17(13(2)23-5)25-14(3)19(27)24-10-6-9-22-4/h7-8,11-12,16,22-23H,6,9-10H2,1-5H3,(H2,21,26)(H,24,27). The summed E-state index contributed by atoms with van der Waals surface area (Å²) in [5.74, 6) is -0.457. The fraction of sp³-hybridized carbons (Fsp3) is 0.526. The molecular weight excluding hydrogens is 347 g/mol. The molecule has 1 rings (SSSR count). The minimum atomic E-state index is -0.282. The lowest BCUT2D eigenvalue weighted by Crippen LogP contribution is -2.32. The Balaban J connectivity index is 2.97. The van der Waals surface area contributed by atoms with Gasteiger partial charge >= 0.3 is 0 Å². The van der Waals surface area contributed by atoms with Crippen molar-refractivity contribution in [3.63, 3.8) is 0 Å². The van der Waals surface area contributed by atoms with Crippen molar-refractivity contribution in [1.29, 1.82) is 0 Å². The van der Waals surface area contributed by atoms with Gasteiger partial charge in [0.2, 0.25) is 0 Å². The van der Waals surface area contributed by atoms with E-state index in [1.54, 1.807) is 27.0 Å². The first-order valence-corrected chi connectivity index (χ1v) is 9.06. The number of amides is 1. The number of nitrogens with two attached hydrogens (primary N) is 1. The number of hydrogen-bond acceptors (Lipinski definition) is 5. The van der Waals surface area contributed by atoms with Crippen LogP contribution in [0.3, 0.4) is 0 Å². The molecule has 1 aliphatic rings. The van der Waals surface area contributed by atoms with Gasteiger partial charge in [0.25, 0.3) is 5.91 Å². The van der Waals surface area contributed by atoms with Crippen LogP contribution in [-0.2, 0) is 4.79 Å². The first kappa shape index (κ1) is 22.6. The van der Waals surface area contributed by atoms with Gasteiger partial charge in [-0.3, -0.25) is 9.79 Å². The maximum Gasteiger partial charge on any atom is 0.265 e. The fourth-order valence-corrected chi connectivity index (χ4v) is 2.42. The minimum absolute atomic E-state index is 0.120. The second-order valence-corrected chi connectivity index (χ2v) is 6.41. The third kappa shape index (κ3) is 7.34. The van der Waals surface area contributed by atoms with Gasteiger partial charge in [-0.1, -0.05) is 13.0 Å². The van der Waals surface area contributed by atoms with Crippen molar-refractivity contribution in [2.45, 2.75) is 33.2 Å². The molecule has 0 saturated carbocycles. The van der Waals surface area contributed by atoms with Crippen LogP contribution in [0.1, 0.15) is 27.2 Å². The number of rotatable bonds is 9.